The summed E-state index contributed by atoms with van der Waals surface area (Å²) in [5.41, 5.74) is 1.52. The Morgan fingerprint density at radius 1 is 1.03 bits per heavy atom. The van der Waals surface area contributed by atoms with Crippen molar-refractivity contribution in [3.63, 3.8) is 0 Å². The lowest BCUT2D eigenvalue weighted by Gasteiger charge is -2.26. The standard InChI is InChI=1S/C23H23BrN4O3/c24-17-6-10-19(11-7-17)28-21(30)14-20(29)22(26-28)23(31)25-18-8-4-16(5-9-18)15-27-12-2-1-3-13-27/h4-11,14,29H,1-3,12-13,15H2,(H,25,31). The lowest BCUT2D eigenvalue weighted by molar-refractivity contribution is 0.101. The Bertz CT molecular complexity index is 1120. The molecule has 1 amide bonds. The number of anilines is 1. The van der Waals surface area contributed by atoms with Crippen LogP contribution in [0.15, 0.2) is 63.9 Å². The van der Waals surface area contributed by atoms with E-state index in [1.807, 2.05) is 24.3 Å². The smallest absolute Gasteiger partial charge is 0.279 e. The van der Waals surface area contributed by atoms with E-state index in [1.54, 1.807) is 24.3 Å². The number of benzene rings is 2. The van der Waals surface area contributed by atoms with E-state index in [-0.39, 0.29) is 5.69 Å². The van der Waals surface area contributed by atoms with Crippen LogP contribution in [0, 0.1) is 0 Å². The Kier molecular flexibility index (Phi) is 6.48. The van der Waals surface area contributed by atoms with Gasteiger partial charge in [0, 0.05) is 22.8 Å². The minimum absolute atomic E-state index is 0.222. The summed E-state index contributed by atoms with van der Waals surface area (Å²) in [6.07, 6.45) is 3.79. The van der Waals surface area contributed by atoms with E-state index >= 15 is 0 Å². The predicted molar refractivity (Wildman–Crippen MR) is 123 cm³/mol. The maximum atomic E-state index is 12.7. The van der Waals surface area contributed by atoms with Gasteiger partial charge in [0.1, 0.15) is 0 Å². The van der Waals surface area contributed by atoms with Crippen molar-refractivity contribution in [1.29, 1.82) is 0 Å². The Hall–Kier alpha value is -2.97. The molecule has 2 aromatic carbocycles. The number of hydrogen-bond acceptors (Lipinski definition) is 5. The zero-order valence-electron chi connectivity index (χ0n) is 16.9. The minimum Gasteiger partial charge on any atom is -0.505 e. The van der Waals surface area contributed by atoms with Crippen molar-refractivity contribution in [3.8, 4) is 11.4 Å². The lowest BCUT2D eigenvalue weighted by atomic mass is 10.1. The Labute approximate surface area is 188 Å². The maximum absolute atomic E-state index is 12.7. The van der Waals surface area contributed by atoms with Crippen LogP contribution in [0.25, 0.3) is 5.69 Å². The second-order valence-electron chi connectivity index (χ2n) is 7.59. The van der Waals surface area contributed by atoms with Gasteiger partial charge in [0.05, 0.1) is 5.69 Å². The van der Waals surface area contributed by atoms with E-state index in [0.717, 1.165) is 34.9 Å². The summed E-state index contributed by atoms with van der Waals surface area (Å²) in [6, 6.07) is 15.5. The molecular weight excluding hydrogens is 460 g/mol. The molecule has 0 saturated carbocycles. The second-order valence-corrected chi connectivity index (χ2v) is 8.51. The van der Waals surface area contributed by atoms with Gasteiger partial charge in [-0.1, -0.05) is 34.5 Å². The van der Waals surface area contributed by atoms with Crippen LogP contribution in [0.5, 0.6) is 5.75 Å². The van der Waals surface area contributed by atoms with Crippen molar-refractivity contribution in [2.24, 2.45) is 0 Å². The van der Waals surface area contributed by atoms with Crippen LogP contribution in [0.2, 0.25) is 0 Å². The molecule has 0 bridgehead atoms. The molecule has 3 aromatic rings. The summed E-state index contributed by atoms with van der Waals surface area (Å²) >= 11 is 3.34. The van der Waals surface area contributed by atoms with Crippen LogP contribution in [0.4, 0.5) is 5.69 Å². The number of aromatic hydroxyl groups is 1. The molecule has 0 atom stereocenters. The SMILES string of the molecule is O=C(Nc1ccc(CN2CCCCC2)cc1)c1nn(-c2ccc(Br)cc2)c(=O)cc1O. The summed E-state index contributed by atoms with van der Waals surface area (Å²) in [5, 5.41) is 17.0. The van der Waals surface area contributed by atoms with Crippen molar-refractivity contribution in [3.05, 3.63) is 80.7 Å². The highest BCUT2D eigenvalue weighted by Crippen LogP contribution is 2.19. The first-order valence-corrected chi connectivity index (χ1v) is 11.0. The molecule has 1 aliphatic rings. The van der Waals surface area contributed by atoms with Gasteiger partial charge in [-0.05, 0) is 67.9 Å². The number of halogens is 1. The van der Waals surface area contributed by atoms with Crippen LogP contribution in [0.3, 0.4) is 0 Å². The molecule has 1 fully saturated rings. The maximum Gasteiger partial charge on any atom is 0.279 e. The third-order valence-corrected chi connectivity index (χ3v) is 5.79. The molecule has 160 valence electrons. The molecule has 7 nitrogen and oxygen atoms in total. The summed E-state index contributed by atoms with van der Waals surface area (Å²) in [6.45, 7) is 3.14. The van der Waals surface area contributed by atoms with E-state index in [0.29, 0.717) is 11.4 Å². The number of piperidine rings is 1. The van der Waals surface area contributed by atoms with Gasteiger partial charge >= 0.3 is 0 Å². The summed E-state index contributed by atoms with van der Waals surface area (Å²) < 4.78 is 1.94. The van der Waals surface area contributed by atoms with Crippen LogP contribution in [0.1, 0.15) is 35.3 Å². The fraction of sp³-hybridized carbons (Fsp3) is 0.261. The fourth-order valence-corrected chi connectivity index (χ4v) is 3.90. The predicted octanol–water partition coefficient (Wildman–Crippen LogP) is 3.94. The van der Waals surface area contributed by atoms with Gasteiger partial charge in [0.25, 0.3) is 11.5 Å². The van der Waals surface area contributed by atoms with E-state index in [9.17, 15) is 14.7 Å². The molecule has 0 spiro atoms. The quantitative estimate of drug-likeness (QED) is 0.574. The van der Waals surface area contributed by atoms with Gasteiger partial charge in [-0.2, -0.15) is 9.78 Å². The van der Waals surface area contributed by atoms with Crippen LogP contribution in [-0.2, 0) is 6.54 Å². The number of nitrogens with zero attached hydrogens (tertiary/aromatic N) is 3. The average Bonchev–Trinajstić information content (AvgIpc) is 2.77. The van der Waals surface area contributed by atoms with E-state index in [4.69, 9.17) is 0 Å². The third kappa shape index (κ3) is 5.21. The van der Waals surface area contributed by atoms with Crippen molar-refractivity contribution < 1.29 is 9.90 Å². The Morgan fingerprint density at radius 2 is 1.71 bits per heavy atom. The number of nitrogens with one attached hydrogen (secondary N) is 1. The zero-order chi connectivity index (χ0) is 21.8. The van der Waals surface area contributed by atoms with Crippen LogP contribution >= 0.6 is 15.9 Å². The van der Waals surface area contributed by atoms with Crippen molar-refractivity contribution in [2.45, 2.75) is 25.8 Å². The van der Waals surface area contributed by atoms with Crippen LogP contribution in [-0.4, -0.2) is 38.8 Å². The van der Waals surface area contributed by atoms with Crippen molar-refractivity contribution in [1.82, 2.24) is 14.7 Å². The second kappa shape index (κ2) is 9.45. The van der Waals surface area contributed by atoms with E-state index in [2.05, 4.69) is 31.2 Å². The number of carbonyl (C=O) groups is 1. The van der Waals surface area contributed by atoms with Gasteiger partial charge in [-0.15, -0.1) is 0 Å². The first kappa shape index (κ1) is 21.3. The summed E-state index contributed by atoms with van der Waals surface area (Å²) in [5.74, 6) is -1.05. The highest BCUT2D eigenvalue weighted by atomic mass is 79.9. The highest BCUT2D eigenvalue weighted by molar-refractivity contribution is 9.10. The third-order valence-electron chi connectivity index (χ3n) is 5.26. The molecule has 1 saturated heterocycles. The number of carbonyl (C=O) groups excluding carboxylic acids is 1. The van der Waals surface area contributed by atoms with Gasteiger partial charge < -0.3 is 10.4 Å². The molecule has 1 aromatic heterocycles. The van der Waals surface area contributed by atoms with Gasteiger partial charge in [0.2, 0.25) is 0 Å². The number of amides is 1. The highest BCUT2D eigenvalue weighted by Gasteiger charge is 2.17. The molecule has 0 unspecified atom stereocenters. The van der Waals surface area contributed by atoms with Crippen molar-refractivity contribution in [2.75, 3.05) is 18.4 Å². The first-order valence-electron chi connectivity index (χ1n) is 10.2. The topological polar surface area (TPSA) is 87.5 Å². The fourth-order valence-electron chi connectivity index (χ4n) is 3.64. The Morgan fingerprint density at radius 3 is 2.39 bits per heavy atom. The zero-order valence-corrected chi connectivity index (χ0v) is 18.5. The summed E-state index contributed by atoms with van der Waals surface area (Å²) in [4.78, 5) is 27.4. The van der Waals surface area contributed by atoms with Gasteiger partial charge in [-0.3, -0.25) is 14.5 Å². The minimum atomic E-state index is -0.591. The van der Waals surface area contributed by atoms with E-state index in [1.165, 1.54) is 24.8 Å². The first-order chi connectivity index (χ1) is 15.0. The Balaban J connectivity index is 1.49. The molecule has 8 heteroatoms. The molecule has 4 rings (SSSR count). The molecule has 1 aliphatic heterocycles. The number of likely N-dealkylation sites (tertiary alicyclic amines) is 1. The molecular formula is C23H23BrN4O3. The molecule has 0 radical (unpaired) electrons. The van der Waals surface area contributed by atoms with E-state index < -0.39 is 17.2 Å². The number of aromatic nitrogens is 2. The van der Waals surface area contributed by atoms with Crippen LogP contribution < -0.4 is 10.9 Å². The number of hydrogen-bond donors (Lipinski definition) is 2. The monoisotopic (exact) mass is 482 g/mol. The molecule has 0 aliphatic carbocycles. The van der Waals surface area contributed by atoms with Gasteiger partial charge in [0.15, 0.2) is 11.4 Å². The number of rotatable bonds is 5. The summed E-state index contributed by atoms with van der Waals surface area (Å²) in [7, 11) is 0. The lowest BCUT2D eigenvalue weighted by Crippen LogP contribution is -2.29. The normalized spacial score (nSPS) is 14.4. The van der Waals surface area contributed by atoms with Crippen molar-refractivity contribution >= 4 is 27.5 Å². The molecule has 31 heavy (non-hydrogen) atoms. The average molecular weight is 483 g/mol. The molecule has 2 heterocycles. The largest absolute Gasteiger partial charge is 0.505 e. The molecule has 2 N–H and O–H groups in total. The van der Waals surface area contributed by atoms with Gasteiger partial charge in [-0.25, -0.2) is 0 Å².